The highest BCUT2D eigenvalue weighted by atomic mass is 35.5. The van der Waals surface area contributed by atoms with Crippen molar-refractivity contribution in [3.63, 3.8) is 0 Å². The lowest BCUT2D eigenvalue weighted by atomic mass is 10.1. The number of carboxylic acids is 1. The Bertz CT molecular complexity index is 768. The average molecular weight is 289 g/mol. The van der Waals surface area contributed by atoms with Crippen LogP contribution < -0.4 is 0 Å². The van der Waals surface area contributed by atoms with Crippen LogP contribution >= 0.6 is 11.6 Å². The first-order valence-corrected chi connectivity index (χ1v) is 6.02. The Morgan fingerprint density at radius 3 is 2.70 bits per heavy atom. The van der Waals surface area contributed by atoms with E-state index >= 15 is 0 Å². The summed E-state index contributed by atoms with van der Waals surface area (Å²) in [7, 11) is 0. The number of aromatic nitrogens is 1. The molecule has 0 fully saturated rings. The zero-order valence-electron chi connectivity index (χ0n) is 10.2. The molecule has 2 rings (SSSR count). The van der Waals surface area contributed by atoms with Gasteiger partial charge in [-0.05, 0) is 23.7 Å². The lowest BCUT2D eigenvalue weighted by molar-refractivity contribution is -0.137. The highest BCUT2D eigenvalue weighted by Gasteiger charge is 2.11. The molecule has 0 saturated carbocycles. The third-order valence-electron chi connectivity index (χ3n) is 2.76. The number of carbonyl (C=O) groups excluding carboxylic acids is 1. The highest BCUT2D eigenvalue weighted by Crippen LogP contribution is 2.23. The quantitative estimate of drug-likeness (QED) is 0.532. The van der Waals surface area contributed by atoms with Crippen molar-refractivity contribution in [2.75, 3.05) is 0 Å². The molecular weight excluding hydrogens is 280 g/mol. The van der Waals surface area contributed by atoms with Crippen molar-refractivity contribution in [3.05, 3.63) is 41.6 Å². The summed E-state index contributed by atoms with van der Waals surface area (Å²) < 4.78 is 1.54. The number of hydrogen-bond acceptors (Lipinski definition) is 3. The van der Waals surface area contributed by atoms with Crippen molar-refractivity contribution < 1.29 is 14.7 Å². The van der Waals surface area contributed by atoms with Crippen molar-refractivity contribution >= 4 is 39.8 Å². The fraction of sp³-hybridized carbons (Fsp3) is 0.0714. The van der Waals surface area contributed by atoms with Crippen LogP contribution in [-0.4, -0.2) is 20.9 Å². The summed E-state index contributed by atoms with van der Waals surface area (Å²) in [6.45, 7) is -0.203. The van der Waals surface area contributed by atoms with Gasteiger partial charge >= 0.3 is 5.97 Å². The Kier molecular flexibility index (Phi) is 3.87. The second-order valence-corrected chi connectivity index (χ2v) is 4.41. The Morgan fingerprint density at radius 1 is 1.40 bits per heavy atom. The smallest absolute Gasteiger partial charge is 0.323 e. The maximum atomic E-state index is 11.1. The molecule has 20 heavy (non-hydrogen) atoms. The largest absolute Gasteiger partial charge is 0.480 e. The van der Waals surface area contributed by atoms with Gasteiger partial charge in [-0.1, -0.05) is 18.2 Å². The minimum absolute atomic E-state index is 0.190. The summed E-state index contributed by atoms with van der Waals surface area (Å²) in [5, 5.41) is 17.7. The fourth-order valence-corrected chi connectivity index (χ4v) is 2.05. The summed E-state index contributed by atoms with van der Waals surface area (Å²) in [6, 6.07) is 8.85. The molecule has 0 radical (unpaired) electrons. The molecule has 1 heterocycles. The number of carboxylic acid groups (broad SMARTS) is 1. The SMILES string of the molecule is N#CC(=Cc1cn(CC(=O)O)c2ccccc12)C(=O)Cl. The van der Waals surface area contributed by atoms with Crippen LogP contribution in [-0.2, 0) is 16.1 Å². The molecule has 100 valence electrons. The van der Waals surface area contributed by atoms with E-state index in [0.29, 0.717) is 11.1 Å². The van der Waals surface area contributed by atoms with Crippen LogP contribution in [0.3, 0.4) is 0 Å². The Hall–Kier alpha value is -2.58. The molecule has 0 unspecified atom stereocenters. The molecule has 0 aliphatic carbocycles. The van der Waals surface area contributed by atoms with Crippen LogP contribution in [0.25, 0.3) is 17.0 Å². The van der Waals surface area contributed by atoms with Crippen molar-refractivity contribution in [2.24, 2.45) is 0 Å². The number of allylic oxidation sites excluding steroid dienone is 1. The predicted octanol–water partition coefficient (Wildman–Crippen LogP) is 2.40. The summed E-state index contributed by atoms with van der Waals surface area (Å²) in [5.41, 5.74) is 1.10. The van der Waals surface area contributed by atoms with Crippen LogP contribution in [0, 0.1) is 11.3 Å². The monoisotopic (exact) mass is 288 g/mol. The summed E-state index contributed by atoms with van der Waals surface area (Å²) in [6.07, 6.45) is 2.94. The normalized spacial score (nSPS) is 11.3. The van der Waals surface area contributed by atoms with E-state index in [4.69, 9.17) is 22.0 Å². The lowest BCUT2D eigenvalue weighted by Gasteiger charge is -1.99. The van der Waals surface area contributed by atoms with E-state index in [9.17, 15) is 9.59 Å². The molecule has 2 aromatic rings. The van der Waals surface area contributed by atoms with Gasteiger partial charge in [0.2, 0.25) is 0 Å². The molecule has 1 N–H and O–H groups in total. The number of hydrogen-bond donors (Lipinski definition) is 1. The third-order valence-corrected chi connectivity index (χ3v) is 2.96. The first-order valence-electron chi connectivity index (χ1n) is 5.64. The summed E-state index contributed by atoms with van der Waals surface area (Å²) >= 11 is 5.31. The van der Waals surface area contributed by atoms with E-state index < -0.39 is 11.2 Å². The molecule has 0 amide bonds. The average Bonchev–Trinajstić information content (AvgIpc) is 2.73. The topological polar surface area (TPSA) is 83.1 Å². The van der Waals surface area contributed by atoms with Gasteiger partial charge in [0.15, 0.2) is 0 Å². The number of nitrogens with zero attached hydrogens (tertiary/aromatic N) is 2. The molecule has 0 bridgehead atoms. The first-order chi connectivity index (χ1) is 9.52. The number of aliphatic carboxylic acids is 1. The fourth-order valence-electron chi connectivity index (χ4n) is 1.96. The maximum absolute atomic E-state index is 11.1. The summed E-state index contributed by atoms with van der Waals surface area (Å²) in [5.74, 6) is -0.977. The van der Waals surface area contributed by atoms with Crippen LogP contribution in [0.1, 0.15) is 5.56 Å². The van der Waals surface area contributed by atoms with E-state index in [1.54, 1.807) is 36.5 Å². The number of carbonyl (C=O) groups is 2. The predicted molar refractivity (Wildman–Crippen MR) is 74.0 cm³/mol. The second kappa shape index (κ2) is 5.59. The minimum atomic E-state index is -0.977. The van der Waals surface area contributed by atoms with E-state index in [0.717, 1.165) is 5.39 Å². The Balaban J connectivity index is 2.63. The zero-order valence-corrected chi connectivity index (χ0v) is 11.0. The van der Waals surface area contributed by atoms with Gasteiger partial charge in [0.1, 0.15) is 18.2 Å². The molecule has 1 aromatic heterocycles. The van der Waals surface area contributed by atoms with E-state index in [1.165, 1.54) is 10.6 Å². The number of halogens is 1. The molecule has 0 aliphatic rings. The van der Waals surface area contributed by atoms with E-state index in [-0.39, 0.29) is 12.1 Å². The molecule has 1 aromatic carbocycles. The van der Waals surface area contributed by atoms with Gasteiger partial charge in [0.25, 0.3) is 5.24 Å². The molecule has 0 spiro atoms. The van der Waals surface area contributed by atoms with Gasteiger partial charge in [-0.15, -0.1) is 0 Å². The Morgan fingerprint density at radius 2 is 2.10 bits per heavy atom. The van der Waals surface area contributed by atoms with Crippen molar-refractivity contribution in [1.29, 1.82) is 5.26 Å². The summed E-state index contributed by atoms with van der Waals surface area (Å²) in [4.78, 5) is 21.9. The number of fused-ring (bicyclic) bond motifs is 1. The number of rotatable bonds is 4. The van der Waals surface area contributed by atoms with Crippen LogP contribution in [0.5, 0.6) is 0 Å². The van der Waals surface area contributed by atoms with Gasteiger partial charge < -0.3 is 9.67 Å². The molecule has 6 heteroatoms. The lowest BCUT2D eigenvalue weighted by Crippen LogP contribution is -2.07. The standard InChI is InChI=1S/C14H9ClN2O3/c15-14(20)9(6-16)5-10-7-17(8-13(18)19)12-4-2-1-3-11(10)12/h1-5,7H,8H2,(H,18,19). The van der Waals surface area contributed by atoms with Crippen LogP contribution in [0.2, 0.25) is 0 Å². The highest BCUT2D eigenvalue weighted by molar-refractivity contribution is 6.68. The zero-order chi connectivity index (χ0) is 14.7. The number of nitriles is 1. The first kappa shape index (κ1) is 13.8. The molecule has 0 saturated heterocycles. The van der Waals surface area contributed by atoms with Gasteiger partial charge in [0, 0.05) is 22.7 Å². The van der Waals surface area contributed by atoms with E-state index in [2.05, 4.69) is 0 Å². The minimum Gasteiger partial charge on any atom is -0.480 e. The van der Waals surface area contributed by atoms with Gasteiger partial charge in [0.05, 0.1) is 0 Å². The second-order valence-electron chi connectivity index (χ2n) is 4.07. The number of benzene rings is 1. The van der Waals surface area contributed by atoms with E-state index in [1.807, 2.05) is 0 Å². The van der Waals surface area contributed by atoms with Crippen molar-refractivity contribution in [2.45, 2.75) is 6.54 Å². The Labute approximate surface area is 119 Å². The van der Waals surface area contributed by atoms with Crippen molar-refractivity contribution in [3.8, 4) is 6.07 Å². The number of para-hydroxylation sites is 1. The van der Waals surface area contributed by atoms with Crippen molar-refractivity contribution in [1.82, 2.24) is 4.57 Å². The van der Waals surface area contributed by atoms with Crippen LogP contribution in [0.4, 0.5) is 0 Å². The van der Waals surface area contributed by atoms with Gasteiger partial charge in [-0.25, -0.2) is 0 Å². The maximum Gasteiger partial charge on any atom is 0.323 e. The molecule has 0 atom stereocenters. The third kappa shape index (κ3) is 2.71. The molecular formula is C14H9ClN2O3. The molecule has 5 nitrogen and oxygen atoms in total. The van der Waals surface area contributed by atoms with Crippen LogP contribution in [0.15, 0.2) is 36.0 Å². The van der Waals surface area contributed by atoms with Gasteiger partial charge in [-0.2, -0.15) is 5.26 Å². The van der Waals surface area contributed by atoms with Gasteiger partial charge in [-0.3, -0.25) is 9.59 Å². The molecule has 0 aliphatic heterocycles.